The summed E-state index contributed by atoms with van der Waals surface area (Å²) in [6.07, 6.45) is -0.669. The van der Waals surface area contributed by atoms with Crippen LogP contribution < -0.4 is 14.8 Å². The Hall–Kier alpha value is -2.56. The van der Waals surface area contributed by atoms with Gasteiger partial charge in [-0.3, -0.25) is 4.79 Å². The number of halogens is 1. The molecule has 2 rings (SSSR count). The molecule has 0 saturated heterocycles. The van der Waals surface area contributed by atoms with E-state index in [-0.39, 0.29) is 11.7 Å². The minimum atomic E-state index is -0.669. The van der Waals surface area contributed by atoms with Crippen molar-refractivity contribution in [2.75, 3.05) is 6.61 Å². The molecule has 0 saturated carbocycles. The number of benzene rings is 2. The van der Waals surface area contributed by atoms with Gasteiger partial charge in [-0.15, -0.1) is 0 Å². The highest BCUT2D eigenvalue weighted by atomic mass is 19.1. The van der Waals surface area contributed by atoms with Crippen molar-refractivity contribution in [2.24, 2.45) is 0 Å². The molecule has 0 bridgehead atoms. The van der Waals surface area contributed by atoms with Gasteiger partial charge in [0, 0.05) is 6.54 Å². The van der Waals surface area contributed by atoms with Gasteiger partial charge in [0.2, 0.25) is 0 Å². The summed E-state index contributed by atoms with van der Waals surface area (Å²) < 4.78 is 24.0. The van der Waals surface area contributed by atoms with Crippen LogP contribution in [-0.2, 0) is 11.3 Å². The lowest BCUT2D eigenvalue weighted by Crippen LogP contribution is -2.36. The maximum absolute atomic E-state index is 12.8. The summed E-state index contributed by atoms with van der Waals surface area (Å²) in [5, 5.41) is 2.76. The molecular formula is C18H20FNO3. The van der Waals surface area contributed by atoms with Crippen LogP contribution in [0.3, 0.4) is 0 Å². The van der Waals surface area contributed by atoms with E-state index in [1.807, 2.05) is 19.1 Å². The zero-order valence-corrected chi connectivity index (χ0v) is 13.2. The molecule has 0 spiro atoms. The molecule has 1 N–H and O–H groups in total. The summed E-state index contributed by atoms with van der Waals surface area (Å²) in [5.74, 6) is 0.580. The lowest BCUT2D eigenvalue weighted by Gasteiger charge is -2.17. The number of hydrogen-bond donors (Lipinski definition) is 1. The molecule has 4 nitrogen and oxygen atoms in total. The van der Waals surface area contributed by atoms with E-state index in [9.17, 15) is 9.18 Å². The molecular weight excluding hydrogens is 297 g/mol. The van der Waals surface area contributed by atoms with Gasteiger partial charge in [0.15, 0.2) is 17.6 Å². The number of carbonyl (C=O) groups is 1. The molecule has 23 heavy (non-hydrogen) atoms. The number of carbonyl (C=O) groups excluding carboxylic acids is 1. The van der Waals surface area contributed by atoms with Crippen molar-refractivity contribution in [3.05, 3.63) is 59.9 Å². The second-order valence-corrected chi connectivity index (χ2v) is 4.98. The summed E-state index contributed by atoms with van der Waals surface area (Å²) in [5.41, 5.74) is 0.821. The minimum absolute atomic E-state index is 0.249. The third kappa shape index (κ3) is 4.98. The lowest BCUT2D eigenvalue weighted by atomic mass is 10.2. The second kappa shape index (κ2) is 8.17. The summed E-state index contributed by atoms with van der Waals surface area (Å²) in [6, 6.07) is 13.2. The van der Waals surface area contributed by atoms with Gasteiger partial charge in [-0.25, -0.2) is 4.39 Å². The predicted molar refractivity (Wildman–Crippen MR) is 85.9 cm³/mol. The molecule has 0 fully saturated rings. The van der Waals surface area contributed by atoms with Crippen molar-refractivity contribution in [1.29, 1.82) is 0 Å². The molecule has 0 aromatic heterocycles. The number of ether oxygens (including phenoxy) is 2. The van der Waals surface area contributed by atoms with Gasteiger partial charge in [-0.05, 0) is 43.7 Å². The molecule has 0 aliphatic heterocycles. The van der Waals surface area contributed by atoms with E-state index >= 15 is 0 Å². The Kier molecular flexibility index (Phi) is 5.97. The van der Waals surface area contributed by atoms with Crippen LogP contribution in [-0.4, -0.2) is 18.6 Å². The fraction of sp³-hybridized carbons (Fsp3) is 0.278. The first-order valence-corrected chi connectivity index (χ1v) is 7.50. The first-order valence-electron chi connectivity index (χ1n) is 7.50. The Morgan fingerprint density at radius 1 is 1.13 bits per heavy atom. The first-order chi connectivity index (χ1) is 11.1. The standard InChI is InChI=1S/C18H20FNO3/c1-3-22-16-6-4-5-7-17(16)23-13(2)18(21)20-12-14-8-10-15(19)11-9-14/h4-11,13H,3,12H2,1-2H3,(H,20,21)/t13-/m1/s1. The summed E-state index contributed by atoms with van der Waals surface area (Å²) in [4.78, 5) is 12.1. The van der Waals surface area contributed by atoms with Gasteiger partial charge < -0.3 is 14.8 Å². The highest BCUT2D eigenvalue weighted by molar-refractivity contribution is 5.80. The van der Waals surface area contributed by atoms with Crippen LogP contribution in [0.15, 0.2) is 48.5 Å². The zero-order valence-electron chi connectivity index (χ0n) is 13.2. The Labute approximate surface area is 135 Å². The maximum atomic E-state index is 12.8. The average molecular weight is 317 g/mol. The number of rotatable bonds is 7. The first kappa shape index (κ1) is 16.8. The number of amides is 1. The molecule has 0 aliphatic rings. The molecule has 0 radical (unpaired) electrons. The van der Waals surface area contributed by atoms with Gasteiger partial charge >= 0.3 is 0 Å². The topological polar surface area (TPSA) is 47.6 Å². The van der Waals surface area contributed by atoms with Gasteiger partial charge in [-0.1, -0.05) is 24.3 Å². The fourth-order valence-electron chi connectivity index (χ4n) is 2.00. The van der Waals surface area contributed by atoms with Crippen LogP contribution in [0.5, 0.6) is 11.5 Å². The van der Waals surface area contributed by atoms with E-state index in [0.29, 0.717) is 24.7 Å². The molecule has 1 amide bonds. The number of para-hydroxylation sites is 2. The Bertz CT molecular complexity index is 643. The molecule has 122 valence electrons. The van der Waals surface area contributed by atoms with Crippen LogP contribution in [0.25, 0.3) is 0 Å². The van der Waals surface area contributed by atoms with Gasteiger partial charge in [0.25, 0.3) is 5.91 Å². The van der Waals surface area contributed by atoms with Crippen LogP contribution in [0.1, 0.15) is 19.4 Å². The molecule has 1 atom stereocenters. The molecule has 2 aromatic rings. The van der Waals surface area contributed by atoms with Crippen molar-refractivity contribution < 1.29 is 18.7 Å². The lowest BCUT2D eigenvalue weighted by molar-refractivity contribution is -0.127. The minimum Gasteiger partial charge on any atom is -0.490 e. The van der Waals surface area contributed by atoms with Crippen molar-refractivity contribution in [2.45, 2.75) is 26.5 Å². The highest BCUT2D eigenvalue weighted by Crippen LogP contribution is 2.27. The largest absolute Gasteiger partial charge is 0.490 e. The quantitative estimate of drug-likeness (QED) is 0.852. The molecule has 0 aliphatic carbocycles. The summed E-state index contributed by atoms with van der Waals surface area (Å²) >= 11 is 0. The number of hydrogen-bond acceptors (Lipinski definition) is 3. The average Bonchev–Trinajstić information content (AvgIpc) is 2.56. The zero-order chi connectivity index (χ0) is 16.7. The van der Waals surface area contributed by atoms with E-state index in [4.69, 9.17) is 9.47 Å². The van der Waals surface area contributed by atoms with E-state index in [0.717, 1.165) is 5.56 Å². The predicted octanol–water partition coefficient (Wildman–Crippen LogP) is 3.31. The van der Waals surface area contributed by atoms with E-state index in [1.165, 1.54) is 12.1 Å². The van der Waals surface area contributed by atoms with Gasteiger partial charge in [-0.2, -0.15) is 0 Å². The third-order valence-corrected chi connectivity index (χ3v) is 3.20. The molecule has 0 heterocycles. The van der Waals surface area contributed by atoms with Crippen molar-refractivity contribution in [1.82, 2.24) is 5.32 Å². The summed E-state index contributed by atoms with van der Waals surface area (Å²) in [6.45, 7) is 4.39. The van der Waals surface area contributed by atoms with Crippen LogP contribution >= 0.6 is 0 Å². The smallest absolute Gasteiger partial charge is 0.261 e. The third-order valence-electron chi connectivity index (χ3n) is 3.20. The van der Waals surface area contributed by atoms with Gasteiger partial charge in [0.05, 0.1) is 6.61 Å². The SMILES string of the molecule is CCOc1ccccc1O[C@H](C)C(=O)NCc1ccc(F)cc1. The van der Waals surface area contributed by atoms with E-state index in [2.05, 4.69) is 5.32 Å². The molecule has 0 unspecified atom stereocenters. The van der Waals surface area contributed by atoms with E-state index < -0.39 is 6.10 Å². The fourth-order valence-corrected chi connectivity index (χ4v) is 2.00. The Morgan fingerprint density at radius 2 is 1.78 bits per heavy atom. The van der Waals surface area contributed by atoms with Crippen LogP contribution in [0, 0.1) is 5.82 Å². The Balaban J connectivity index is 1.91. The molecule has 5 heteroatoms. The van der Waals surface area contributed by atoms with Crippen molar-refractivity contribution >= 4 is 5.91 Å². The second-order valence-electron chi connectivity index (χ2n) is 4.98. The maximum Gasteiger partial charge on any atom is 0.261 e. The highest BCUT2D eigenvalue weighted by Gasteiger charge is 2.16. The number of nitrogens with one attached hydrogen (secondary N) is 1. The van der Waals surface area contributed by atoms with Crippen LogP contribution in [0.4, 0.5) is 4.39 Å². The van der Waals surface area contributed by atoms with Crippen LogP contribution in [0.2, 0.25) is 0 Å². The van der Waals surface area contributed by atoms with Crippen molar-refractivity contribution in [3.8, 4) is 11.5 Å². The Morgan fingerprint density at radius 3 is 2.43 bits per heavy atom. The van der Waals surface area contributed by atoms with Gasteiger partial charge in [0.1, 0.15) is 5.82 Å². The summed E-state index contributed by atoms with van der Waals surface area (Å²) in [7, 11) is 0. The van der Waals surface area contributed by atoms with E-state index in [1.54, 1.807) is 31.2 Å². The van der Waals surface area contributed by atoms with Crippen molar-refractivity contribution in [3.63, 3.8) is 0 Å². The normalized spacial score (nSPS) is 11.6. The molecule has 2 aromatic carbocycles. The monoisotopic (exact) mass is 317 g/mol.